The molecule has 0 fully saturated rings. The third kappa shape index (κ3) is 4.70. The molecule has 0 saturated heterocycles. The average Bonchev–Trinajstić information content (AvgIpc) is 2.52. The molecular weight excluding hydrogens is 346 g/mol. The van der Waals surface area contributed by atoms with Gasteiger partial charge in [0.1, 0.15) is 5.75 Å². The van der Waals surface area contributed by atoms with E-state index in [1.165, 1.54) is 7.11 Å². The van der Waals surface area contributed by atoms with Crippen LogP contribution in [0.2, 0.25) is 0 Å². The molecule has 0 aliphatic rings. The first-order chi connectivity index (χ1) is 10.6. The fourth-order valence-corrected chi connectivity index (χ4v) is 2.37. The van der Waals surface area contributed by atoms with Crippen molar-refractivity contribution in [1.82, 2.24) is 0 Å². The minimum atomic E-state index is -0.617. The van der Waals surface area contributed by atoms with Gasteiger partial charge in [-0.15, -0.1) is 0 Å². The maximum Gasteiger partial charge on any atom is 0.330 e. The number of phenols is 1. The molecule has 4 nitrogen and oxygen atoms in total. The molecule has 22 heavy (non-hydrogen) atoms. The second-order valence-corrected chi connectivity index (χ2v) is 5.66. The molecule has 0 aromatic heterocycles. The summed E-state index contributed by atoms with van der Waals surface area (Å²) in [7, 11) is 1.35. The molecule has 0 amide bonds. The smallest absolute Gasteiger partial charge is 0.330 e. The number of aromatic hydroxyl groups is 1. The SMILES string of the molecule is COC(=O)C(Cc1ccc(O)cc1)N=Cc1cccc(Br)c1. The minimum Gasteiger partial charge on any atom is -0.508 e. The van der Waals surface area contributed by atoms with E-state index < -0.39 is 6.04 Å². The summed E-state index contributed by atoms with van der Waals surface area (Å²) in [5.41, 5.74) is 1.80. The zero-order valence-corrected chi connectivity index (χ0v) is 13.7. The second kappa shape index (κ2) is 7.75. The Kier molecular flexibility index (Phi) is 5.72. The Balaban J connectivity index is 2.15. The number of ether oxygens (including phenoxy) is 1. The van der Waals surface area contributed by atoms with Gasteiger partial charge in [-0.2, -0.15) is 0 Å². The van der Waals surface area contributed by atoms with E-state index in [1.807, 2.05) is 24.3 Å². The second-order valence-electron chi connectivity index (χ2n) is 4.74. The van der Waals surface area contributed by atoms with E-state index in [4.69, 9.17) is 4.74 Å². The number of esters is 1. The van der Waals surface area contributed by atoms with Gasteiger partial charge in [0.2, 0.25) is 0 Å². The molecule has 0 heterocycles. The molecule has 2 aromatic carbocycles. The Bertz CT molecular complexity index is 668. The summed E-state index contributed by atoms with van der Waals surface area (Å²) in [6.45, 7) is 0. The zero-order valence-electron chi connectivity index (χ0n) is 12.1. The molecule has 1 N–H and O–H groups in total. The van der Waals surface area contributed by atoms with Gasteiger partial charge in [0.15, 0.2) is 6.04 Å². The van der Waals surface area contributed by atoms with Gasteiger partial charge in [0.25, 0.3) is 0 Å². The number of nitrogens with zero attached hydrogens (tertiary/aromatic N) is 1. The quantitative estimate of drug-likeness (QED) is 0.656. The fourth-order valence-electron chi connectivity index (χ4n) is 1.95. The highest BCUT2D eigenvalue weighted by Gasteiger charge is 2.18. The molecule has 0 bridgehead atoms. The molecule has 114 valence electrons. The Labute approximate surface area is 137 Å². The number of rotatable bonds is 5. The lowest BCUT2D eigenvalue weighted by molar-refractivity contribution is -0.142. The van der Waals surface area contributed by atoms with E-state index in [1.54, 1.807) is 30.5 Å². The maximum atomic E-state index is 11.9. The topological polar surface area (TPSA) is 58.9 Å². The normalized spacial score (nSPS) is 12.3. The molecule has 0 saturated carbocycles. The van der Waals surface area contributed by atoms with Crippen molar-refractivity contribution in [2.75, 3.05) is 7.11 Å². The molecule has 0 radical (unpaired) electrons. The van der Waals surface area contributed by atoms with E-state index in [-0.39, 0.29) is 11.7 Å². The molecule has 0 aliphatic heterocycles. The van der Waals surface area contributed by atoms with Gasteiger partial charge in [-0.05, 0) is 35.4 Å². The highest BCUT2D eigenvalue weighted by Crippen LogP contribution is 2.14. The lowest BCUT2D eigenvalue weighted by Crippen LogP contribution is -2.23. The number of hydrogen-bond acceptors (Lipinski definition) is 4. The van der Waals surface area contributed by atoms with Crippen LogP contribution in [0.3, 0.4) is 0 Å². The van der Waals surface area contributed by atoms with Crippen molar-refractivity contribution in [3.63, 3.8) is 0 Å². The summed E-state index contributed by atoms with van der Waals surface area (Å²) in [5, 5.41) is 9.30. The molecule has 2 rings (SSSR count). The summed E-state index contributed by atoms with van der Waals surface area (Å²) in [6, 6.07) is 13.7. The number of methoxy groups -OCH3 is 1. The minimum absolute atomic E-state index is 0.191. The average molecular weight is 362 g/mol. The number of aliphatic imine (C=N–C) groups is 1. The number of carbonyl (C=O) groups is 1. The number of carbonyl (C=O) groups excluding carboxylic acids is 1. The van der Waals surface area contributed by atoms with Crippen molar-refractivity contribution in [3.8, 4) is 5.75 Å². The van der Waals surface area contributed by atoms with Gasteiger partial charge in [0.05, 0.1) is 7.11 Å². The van der Waals surface area contributed by atoms with Crippen molar-refractivity contribution in [2.24, 2.45) is 4.99 Å². The van der Waals surface area contributed by atoms with Gasteiger partial charge < -0.3 is 9.84 Å². The van der Waals surface area contributed by atoms with Crippen LogP contribution in [-0.4, -0.2) is 30.4 Å². The molecule has 1 unspecified atom stereocenters. The number of benzene rings is 2. The molecule has 0 spiro atoms. The van der Waals surface area contributed by atoms with E-state index >= 15 is 0 Å². The number of phenolic OH excluding ortho intramolecular Hbond substituents is 1. The van der Waals surface area contributed by atoms with Crippen LogP contribution in [0.5, 0.6) is 5.75 Å². The van der Waals surface area contributed by atoms with E-state index in [0.29, 0.717) is 6.42 Å². The summed E-state index contributed by atoms with van der Waals surface area (Å²) in [6.07, 6.45) is 2.07. The Morgan fingerprint density at radius 1 is 1.32 bits per heavy atom. The van der Waals surface area contributed by atoms with Gasteiger partial charge >= 0.3 is 5.97 Å². The van der Waals surface area contributed by atoms with E-state index in [9.17, 15) is 9.90 Å². The van der Waals surface area contributed by atoms with Crippen LogP contribution >= 0.6 is 15.9 Å². The van der Waals surface area contributed by atoms with Crippen molar-refractivity contribution >= 4 is 28.1 Å². The van der Waals surface area contributed by atoms with Crippen LogP contribution in [0, 0.1) is 0 Å². The predicted molar refractivity (Wildman–Crippen MR) is 89.4 cm³/mol. The third-order valence-electron chi connectivity index (χ3n) is 3.09. The summed E-state index contributed by atoms with van der Waals surface area (Å²) >= 11 is 3.40. The van der Waals surface area contributed by atoms with Crippen LogP contribution in [0.15, 0.2) is 58.0 Å². The Morgan fingerprint density at radius 2 is 2.05 bits per heavy atom. The predicted octanol–water partition coefficient (Wildman–Crippen LogP) is 3.36. The Hall–Kier alpha value is -2.14. The monoisotopic (exact) mass is 361 g/mol. The van der Waals surface area contributed by atoms with Crippen molar-refractivity contribution in [3.05, 3.63) is 64.1 Å². The Morgan fingerprint density at radius 3 is 2.68 bits per heavy atom. The van der Waals surface area contributed by atoms with Crippen molar-refractivity contribution < 1.29 is 14.6 Å². The molecule has 2 aromatic rings. The molecular formula is C17H16BrNO3. The molecule has 5 heteroatoms. The highest BCUT2D eigenvalue weighted by atomic mass is 79.9. The van der Waals surface area contributed by atoms with Crippen LogP contribution in [-0.2, 0) is 16.0 Å². The third-order valence-corrected chi connectivity index (χ3v) is 3.58. The largest absolute Gasteiger partial charge is 0.508 e. The lowest BCUT2D eigenvalue weighted by atomic mass is 10.1. The molecule has 0 aliphatic carbocycles. The first-order valence-electron chi connectivity index (χ1n) is 6.73. The highest BCUT2D eigenvalue weighted by molar-refractivity contribution is 9.10. The van der Waals surface area contributed by atoms with Crippen LogP contribution in [0.1, 0.15) is 11.1 Å². The summed E-state index contributed by atoms with van der Waals surface area (Å²) in [5.74, 6) is -0.199. The standard InChI is InChI=1S/C17H16BrNO3/c1-22-17(21)16(10-12-5-7-15(20)8-6-12)19-11-13-3-2-4-14(18)9-13/h2-9,11,16,20H,10H2,1H3. The number of halogens is 1. The summed E-state index contributed by atoms with van der Waals surface area (Å²) in [4.78, 5) is 16.2. The maximum absolute atomic E-state index is 11.9. The first kappa shape index (κ1) is 16.2. The van der Waals surface area contributed by atoms with Crippen molar-refractivity contribution in [2.45, 2.75) is 12.5 Å². The van der Waals surface area contributed by atoms with Gasteiger partial charge in [-0.1, -0.05) is 40.2 Å². The van der Waals surface area contributed by atoms with Crippen LogP contribution < -0.4 is 0 Å². The summed E-state index contributed by atoms with van der Waals surface area (Å²) < 4.78 is 5.76. The van der Waals surface area contributed by atoms with E-state index in [2.05, 4.69) is 20.9 Å². The van der Waals surface area contributed by atoms with Gasteiger partial charge in [-0.3, -0.25) is 4.99 Å². The van der Waals surface area contributed by atoms with Crippen molar-refractivity contribution in [1.29, 1.82) is 0 Å². The first-order valence-corrected chi connectivity index (χ1v) is 7.52. The van der Waals surface area contributed by atoms with Crippen LogP contribution in [0.25, 0.3) is 0 Å². The van der Waals surface area contributed by atoms with Gasteiger partial charge in [-0.25, -0.2) is 4.79 Å². The van der Waals surface area contributed by atoms with Gasteiger partial charge in [0, 0.05) is 17.1 Å². The molecule has 1 atom stereocenters. The fraction of sp³-hybridized carbons (Fsp3) is 0.176. The van der Waals surface area contributed by atoms with Crippen LogP contribution in [0.4, 0.5) is 0 Å². The zero-order chi connectivity index (χ0) is 15.9. The lowest BCUT2D eigenvalue weighted by Gasteiger charge is -2.10. The van der Waals surface area contributed by atoms with E-state index in [0.717, 1.165) is 15.6 Å². The number of hydrogen-bond donors (Lipinski definition) is 1.